The third kappa shape index (κ3) is 38.1. The van der Waals surface area contributed by atoms with Crippen LogP contribution in [0.2, 0.25) is 0 Å². The molecule has 0 fully saturated rings. The Morgan fingerprint density at radius 3 is 1.58 bits per heavy atom. The van der Waals surface area contributed by atoms with E-state index in [2.05, 4.69) is 37.8 Å². The number of hydrogen-bond acceptors (Lipinski definition) is 9. The SMILES string of the molecule is CCCCC/C=C\CCOC(=O)OCCCCCN(CCO)CCCCCCOC(=O)CCC(OCCCCCCCC)OCCCCCCCC. The van der Waals surface area contributed by atoms with Crippen LogP contribution in [0.3, 0.4) is 0 Å². The Kier molecular flexibility index (Phi) is 40.7. The summed E-state index contributed by atoms with van der Waals surface area (Å²) in [4.78, 5) is 26.5. The zero-order valence-corrected chi connectivity index (χ0v) is 34.2. The fourth-order valence-corrected chi connectivity index (χ4v) is 5.94. The van der Waals surface area contributed by atoms with E-state index in [0.717, 1.165) is 83.7 Å². The predicted molar refractivity (Wildman–Crippen MR) is 214 cm³/mol. The summed E-state index contributed by atoms with van der Waals surface area (Å²) in [5.41, 5.74) is 0. The molecule has 0 aliphatic rings. The maximum Gasteiger partial charge on any atom is 0.508 e. The average molecular weight is 742 g/mol. The van der Waals surface area contributed by atoms with Crippen molar-refractivity contribution in [3.63, 3.8) is 0 Å². The van der Waals surface area contributed by atoms with Crippen LogP contribution in [0.15, 0.2) is 12.2 Å². The minimum absolute atomic E-state index is 0.147. The summed E-state index contributed by atoms with van der Waals surface area (Å²) < 4.78 is 28.0. The smallest absolute Gasteiger partial charge is 0.466 e. The van der Waals surface area contributed by atoms with E-state index in [0.29, 0.717) is 52.4 Å². The van der Waals surface area contributed by atoms with Crippen LogP contribution in [0.5, 0.6) is 0 Å². The lowest BCUT2D eigenvalue weighted by Crippen LogP contribution is -2.29. The Hall–Kier alpha value is -1.68. The Labute approximate surface area is 320 Å². The van der Waals surface area contributed by atoms with Gasteiger partial charge in [0.15, 0.2) is 6.29 Å². The Morgan fingerprint density at radius 2 is 0.981 bits per heavy atom. The van der Waals surface area contributed by atoms with Crippen molar-refractivity contribution in [1.29, 1.82) is 0 Å². The van der Waals surface area contributed by atoms with Gasteiger partial charge in [-0.3, -0.25) is 4.79 Å². The van der Waals surface area contributed by atoms with Gasteiger partial charge in [0.05, 0.1) is 32.8 Å². The van der Waals surface area contributed by atoms with E-state index < -0.39 is 6.16 Å². The van der Waals surface area contributed by atoms with E-state index in [4.69, 9.17) is 23.7 Å². The van der Waals surface area contributed by atoms with Crippen molar-refractivity contribution in [2.75, 3.05) is 59.3 Å². The van der Waals surface area contributed by atoms with Crippen molar-refractivity contribution in [3.05, 3.63) is 12.2 Å². The molecular weight excluding hydrogens is 658 g/mol. The Bertz CT molecular complexity index is 762. The molecule has 9 heteroatoms. The van der Waals surface area contributed by atoms with E-state index in [1.165, 1.54) is 83.5 Å². The topological polar surface area (TPSA) is 104 Å². The van der Waals surface area contributed by atoms with Crippen LogP contribution in [0.25, 0.3) is 0 Å². The highest BCUT2D eigenvalue weighted by molar-refractivity contribution is 5.69. The summed E-state index contributed by atoms with van der Waals surface area (Å²) >= 11 is 0. The molecule has 9 nitrogen and oxygen atoms in total. The number of nitrogens with zero attached hydrogens (tertiary/aromatic N) is 1. The van der Waals surface area contributed by atoms with Crippen molar-refractivity contribution in [2.24, 2.45) is 0 Å². The zero-order chi connectivity index (χ0) is 38.0. The Balaban J connectivity index is 4.01. The average Bonchev–Trinajstić information content (AvgIpc) is 3.14. The summed E-state index contributed by atoms with van der Waals surface area (Å²) in [7, 11) is 0. The highest BCUT2D eigenvalue weighted by Gasteiger charge is 2.14. The van der Waals surface area contributed by atoms with E-state index in [1.54, 1.807) is 0 Å². The third-order valence-corrected chi connectivity index (χ3v) is 9.22. The lowest BCUT2D eigenvalue weighted by Gasteiger charge is -2.21. The van der Waals surface area contributed by atoms with Crippen molar-refractivity contribution in [2.45, 2.75) is 194 Å². The fraction of sp³-hybridized carbons (Fsp3) is 0.907. The highest BCUT2D eigenvalue weighted by Crippen LogP contribution is 2.13. The maximum atomic E-state index is 12.5. The second kappa shape index (κ2) is 42.1. The van der Waals surface area contributed by atoms with Gasteiger partial charge in [-0.1, -0.05) is 123 Å². The van der Waals surface area contributed by atoms with Crippen molar-refractivity contribution in [3.8, 4) is 0 Å². The molecule has 0 aromatic heterocycles. The van der Waals surface area contributed by atoms with Gasteiger partial charge in [-0.15, -0.1) is 0 Å². The van der Waals surface area contributed by atoms with Crippen molar-refractivity contribution >= 4 is 12.1 Å². The minimum Gasteiger partial charge on any atom is -0.466 e. The van der Waals surface area contributed by atoms with E-state index in [1.807, 2.05) is 0 Å². The van der Waals surface area contributed by atoms with Crippen molar-refractivity contribution in [1.82, 2.24) is 4.90 Å². The molecule has 0 saturated carbocycles. The molecule has 0 aromatic carbocycles. The van der Waals surface area contributed by atoms with Gasteiger partial charge in [-0.25, -0.2) is 4.79 Å². The molecule has 0 aromatic rings. The molecule has 52 heavy (non-hydrogen) atoms. The number of ether oxygens (including phenoxy) is 5. The molecule has 308 valence electrons. The summed E-state index contributed by atoms with van der Waals surface area (Å²) in [6, 6.07) is 0. The fourth-order valence-electron chi connectivity index (χ4n) is 5.94. The third-order valence-electron chi connectivity index (χ3n) is 9.22. The number of aliphatic hydroxyl groups excluding tert-OH is 1. The maximum absolute atomic E-state index is 12.5. The molecule has 0 amide bonds. The number of rotatable bonds is 41. The van der Waals surface area contributed by atoms with Crippen LogP contribution in [0.1, 0.15) is 188 Å². The molecule has 0 spiro atoms. The molecule has 0 aliphatic heterocycles. The molecule has 0 rings (SSSR count). The lowest BCUT2D eigenvalue weighted by atomic mass is 10.1. The number of unbranched alkanes of at least 4 members (excludes halogenated alkanes) is 18. The number of esters is 1. The monoisotopic (exact) mass is 742 g/mol. The van der Waals surface area contributed by atoms with Crippen LogP contribution in [-0.4, -0.2) is 87.7 Å². The first-order chi connectivity index (χ1) is 25.6. The summed E-state index contributed by atoms with van der Waals surface area (Å²) in [6.45, 7) is 11.9. The summed E-state index contributed by atoms with van der Waals surface area (Å²) in [5, 5.41) is 9.49. The second-order valence-corrected chi connectivity index (χ2v) is 14.2. The van der Waals surface area contributed by atoms with E-state index in [9.17, 15) is 14.7 Å². The molecule has 0 unspecified atom stereocenters. The summed E-state index contributed by atoms with van der Waals surface area (Å²) in [5.74, 6) is -0.173. The first kappa shape index (κ1) is 50.3. The van der Waals surface area contributed by atoms with Crippen molar-refractivity contribution < 1.29 is 38.4 Å². The first-order valence-electron chi connectivity index (χ1n) is 21.7. The first-order valence-corrected chi connectivity index (χ1v) is 21.7. The molecule has 0 atom stereocenters. The van der Waals surface area contributed by atoms with Crippen LogP contribution in [0.4, 0.5) is 4.79 Å². The molecule has 0 radical (unpaired) electrons. The van der Waals surface area contributed by atoms with Gasteiger partial charge < -0.3 is 33.7 Å². The van der Waals surface area contributed by atoms with Gasteiger partial charge in [0.1, 0.15) is 0 Å². The quantitative estimate of drug-likeness (QED) is 0.0284. The highest BCUT2D eigenvalue weighted by atomic mass is 16.7. The molecular formula is C43H83NO8. The second-order valence-electron chi connectivity index (χ2n) is 14.2. The normalized spacial score (nSPS) is 11.7. The van der Waals surface area contributed by atoms with Gasteiger partial charge >= 0.3 is 12.1 Å². The van der Waals surface area contributed by atoms with Gasteiger partial charge in [0, 0.05) is 26.2 Å². The molecule has 1 N–H and O–H groups in total. The molecule has 0 bridgehead atoms. The minimum atomic E-state index is -0.586. The number of aliphatic hydroxyl groups is 1. The standard InChI is InChI=1S/C43H83NO8/c1-4-7-10-13-16-20-28-39-51-43(47)52-40-29-22-24-33-44(34-35-45)32-23-17-21-25-36-48-41(46)30-31-42(49-37-26-18-14-11-8-5-2)50-38-27-19-15-12-9-6-3/h16,20,42,45H,4-15,17-19,21-40H2,1-3H3/b20-16-. The zero-order valence-electron chi connectivity index (χ0n) is 34.2. The van der Waals surface area contributed by atoms with Crippen LogP contribution in [0, 0.1) is 0 Å². The molecule has 0 heterocycles. The number of hydrogen-bond donors (Lipinski definition) is 1. The largest absolute Gasteiger partial charge is 0.508 e. The van der Waals surface area contributed by atoms with Gasteiger partial charge in [0.2, 0.25) is 0 Å². The van der Waals surface area contributed by atoms with Gasteiger partial charge in [-0.05, 0) is 77.3 Å². The molecule has 0 saturated heterocycles. The Morgan fingerprint density at radius 1 is 0.519 bits per heavy atom. The van der Waals surface area contributed by atoms with Gasteiger partial charge in [-0.2, -0.15) is 0 Å². The number of allylic oxidation sites excluding steroid dienone is 1. The number of carbonyl (C=O) groups excluding carboxylic acids is 2. The van der Waals surface area contributed by atoms with Crippen LogP contribution >= 0.6 is 0 Å². The van der Waals surface area contributed by atoms with Crippen LogP contribution < -0.4 is 0 Å². The van der Waals surface area contributed by atoms with Gasteiger partial charge in [0.25, 0.3) is 0 Å². The molecule has 0 aliphatic carbocycles. The lowest BCUT2D eigenvalue weighted by molar-refractivity contribution is -0.159. The predicted octanol–water partition coefficient (Wildman–Crippen LogP) is 11.1. The van der Waals surface area contributed by atoms with E-state index in [-0.39, 0.29) is 18.9 Å². The summed E-state index contributed by atoms with van der Waals surface area (Å²) in [6.07, 6.45) is 31.0. The van der Waals surface area contributed by atoms with E-state index >= 15 is 0 Å². The number of carbonyl (C=O) groups is 2. The van der Waals surface area contributed by atoms with Crippen LogP contribution in [-0.2, 0) is 28.5 Å².